The highest BCUT2D eigenvalue weighted by Gasteiger charge is 2.15. The zero-order valence-corrected chi connectivity index (χ0v) is 22.5. The maximum absolute atomic E-state index is 7.83. The molecule has 0 amide bonds. The predicted molar refractivity (Wildman–Crippen MR) is 153 cm³/mol. The number of hydrogen-bond acceptors (Lipinski definition) is 3. The van der Waals surface area contributed by atoms with E-state index >= 15 is 0 Å². The van der Waals surface area contributed by atoms with E-state index in [1.807, 2.05) is 26.0 Å². The fraction of sp³-hybridized carbons (Fsp3) is 0.400. The van der Waals surface area contributed by atoms with Gasteiger partial charge >= 0.3 is 0 Å². The summed E-state index contributed by atoms with van der Waals surface area (Å²) in [4.78, 5) is 5.98. The summed E-state index contributed by atoms with van der Waals surface area (Å²) in [5.41, 5.74) is 7.20. The minimum absolute atomic E-state index is 0.348. The number of thioether (sulfide) groups is 1. The van der Waals surface area contributed by atoms with Crippen LogP contribution in [0.5, 0.6) is 0 Å². The molecule has 0 aliphatic carbocycles. The molecule has 3 heteroatoms. The van der Waals surface area contributed by atoms with Crippen LogP contribution in [0.1, 0.15) is 78.9 Å². The third kappa shape index (κ3) is 9.96. The minimum Gasteiger partial charge on any atom is -0.298 e. The fourth-order valence-corrected chi connectivity index (χ4v) is 4.35. The normalized spacial score (nSPS) is 14.1. The maximum Gasteiger partial charge on any atom is 0.0722 e. The van der Waals surface area contributed by atoms with Gasteiger partial charge in [-0.25, -0.2) is 0 Å². The topological polar surface area (TPSA) is 36.2 Å². The van der Waals surface area contributed by atoms with Crippen LogP contribution in [0.2, 0.25) is 0 Å². The molecular formula is C30H42N2S. The molecule has 0 saturated carbocycles. The second kappa shape index (κ2) is 14.0. The average Bonchev–Trinajstić information content (AvgIpc) is 2.74. The minimum atomic E-state index is 0.348. The summed E-state index contributed by atoms with van der Waals surface area (Å²) < 4.78 is 0. The Morgan fingerprint density at radius 1 is 1.06 bits per heavy atom. The van der Waals surface area contributed by atoms with Crippen LogP contribution in [-0.4, -0.2) is 17.3 Å². The van der Waals surface area contributed by atoms with Crippen LogP contribution in [0.4, 0.5) is 0 Å². The lowest BCUT2D eigenvalue weighted by Crippen LogP contribution is -2.09. The zero-order valence-electron chi connectivity index (χ0n) is 21.7. The van der Waals surface area contributed by atoms with Crippen LogP contribution >= 0.6 is 11.8 Å². The maximum atomic E-state index is 7.83. The van der Waals surface area contributed by atoms with Crippen molar-refractivity contribution in [1.29, 1.82) is 5.41 Å². The molecular weight excluding hydrogens is 420 g/mol. The molecule has 0 atom stereocenters. The van der Waals surface area contributed by atoms with Crippen LogP contribution in [-0.2, 0) is 0 Å². The smallest absolute Gasteiger partial charge is 0.0722 e. The highest BCUT2D eigenvalue weighted by Crippen LogP contribution is 2.29. The summed E-state index contributed by atoms with van der Waals surface area (Å²) in [6.07, 6.45) is 11.4. The standard InChI is InChI=1S/C30H42N2S/c1-10-14-25(15-13-20-30(7,8)9)26-16-18-27(19-17-26)29(32-21-11-2)28(12-3)22(4)23(5)33-24(6)31/h10-12,14,16-19,31H,1-2,13,15,20-21H2,3-9H3/b23-22-,25-14+,28-12-,31-24?,32-29-. The highest BCUT2D eigenvalue weighted by atomic mass is 32.2. The van der Waals surface area contributed by atoms with Gasteiger partial charge in [-0.2, -0.15) is 0 Å². The summed E-state index contributed by atoms with van der Waals surface area (Å²) >= 11 is 1.49. The van der Waals surface area contributed by atoms with Gasteiger partial charge in [0.2, 0.25) is 0 Å². The molecule has 1 aromatic rings. The third-order valence-corrected chi connectivity index (χ3v) is 6.30. The van der Waals surface area contributed by atoms with Crippen molar-refractivity contribution in [2.45, 2.75) is 67.7 Å². The number of benzene rings is 1. The summed E-state index contributed by atoms with van der Waals surface area (Å²) in [6.45, 7) is 23.3. The molecule has 2 nitrogen and oxygen atoms in total. The summed E-state index contributed by atoms with van der Waals surface area (Å²) in [7, 11) is 0. The Labute approximate surface area is 206 Å². The van der Waals surface area contributed by atoms with Gasteiger partial charge in [0.25, 0.3) is 0 Å². The number of aliphatic imine (C=N–C) groups is 1. The van der Waals surface area contributed by atoms with Crippen LogP contribution in [0.3, 0.4) is 0 Å². The molecule has 0 radical (unpaired) electrons. The third-order valence-electron chi connectivity index (χ3n) is 5.38. The SMILES string of the molecule is C=C/C=C(\CCCC(C)(C)C)c1ccc(C(=N/CC=C)/C(=C\C)C(/C)=C(/C)SC(C)=N)cc1. The van der Waals surface area contributed by atoms with E-state index in [4.69, 9.17) is 10.4 Å². The van der Waals surface area contributed by atoms with E-state index in [0.29, 0.717) is 17.0 Å². The van der Waals surface area contributed by atoms with Crippen LogP contribution < -0.4 is 0 Å². The Hall–Kier alpha value is -2.39. The van der Waals surface area contributed by atoms with Gasteiger partial charge in [0.15, 0.2) is 0 Å². The first-order chi connectivity index (χ1) is 15.5. The lowest BCUT2D eigenvalue weighted by molar-refractivity contribution is 0.368. The molecule has 0 saturated heterocycles. The summed E-state index contributed by atoms with van der Waals surface area (Å²) in [6, 6.07) is 8.72. The van der Waals surface area contributed by atoms with Gasteiger partial charge in [-0.05, 0) is 79.6 Å². The first kappa shape index (κ1) is 28.6. The Balaban J connectivity index is 3.31. The molecule has 1 aromatic carbocycles. The molecule has 0 spiro atoms. The van der Waals surface area contributed by atoms with Crippen LogP contribution in [0.15, 0.2) is 82.8 Å². The second-order valence-electron chi connectivity index (χ2n) is 9.44. The molecule has 0 bridgehead atoms. The number of nitrogens with zero attached hydrogens (tertiary/aromatic N) is 1. The first-order valence-electron chi connectivity index (χ1n) is 11.7. The Morgan fingerprint density at radius 3 is 2.15 bits per heavy atom. The summed E-state index contributed by atoms with van der Waals surface area (Å²) in [5, 5.41) is 8.42. The molecule has 0 fully saturated rings. The Bertz CT molecular complexity index is 948. The molecule has 0 heterocycles. The summed E-state index contributed by atoms with van der Waals surface area (Å²) in [5.74, 6) is 0. The van der Waals surface area contributed by atoms with Gasteiger partial charge in [-0.1, -0.05) is 87.7 Å². The van der Waals surface area contributed by atoms with Crippen molar-refractivity contribution in [2.75, 3.05) is 6.54 Å². The average molecular weight is 463 g/mol. The second-order valence-corrected chi connectivity index (χ2v) is 10.9. The van der Waals surface area contributed by atoms with Crippen molar-refractivity contribution < 1.29 is 0 Å². The molecule has 0 unspecified atom stereocenters. The fourth-order valence-electron chi connectivity index (χ4n) is 3.63. The predicted octanol–water partition coefficient (Wildman–Crippen LogP) is 9.42. The van der Waals surface area contributed by atoms with Gasteiger partial charge < -0.3 is 0 Å². The quantitative estimate of drug-likeness (QED) is 0.151. The van der Waals surface area contributed by atoms with E-state index < -0.39 is 0 Å². The zero-order chi connectivity index (χ0) is 25.0. The Morgan fingerprint density at radius 2 is 1.67 bits per heavy atom. The Kier molecular flexibility index (Phi) is 12.2. The number of hydrogen-bond donors (Lipinski definition) is 1. The monoisotopic (exact) mass is 462 g/mol. The van der Waals surface area contributed by atoms with Gasteiger partial charge in [-0.3, -0.25) is 10.4 Å². The lowest BCUT2D eigenvalue weighted by Gasteiger charge is -2.18. The van der Waals surface area contributed by atoms with Crippen molar-refractivity contribution in [3.8, 4) is 0 Å². The van der Waals surface area contributed by atoms with Gasteiger partial charge in [-0.15, -0.1) is 6.58 Å². The van der Waals surface area contributed by atoms with E-state index in [9.17, 15) is 0 Å². The van der Waals surface area contributed by atoms with E-state index in [0.717, 1.165) is 40.2 Å². The largest absolute Gasteiger partial charge is 0.298 e. The van der Waals surface area contributed by atoms with Crippen molar-refractivity contribution in [3.63, 3.8) is 0 Å². The van der Waals surface area contributed by atoms with E-state index in [-0.39, 0.29) is 0 Å². The number of rotatable bonds is 11. The van der Waals surface area contributed by atoms with Crippen molar-refractivity contribution in [1.82, 2.24) is 0 Å². The molecule has 1 rings (SSSR count). The van der Waals surface area contributed by atoms with E-state index in [1.54, 1.807) is 0 Å². The number of allylic oxidation sites excluding steroid dienone is 7. The van der Waals surface area contributed by atoms with E-state index in [1.165, 1.54) is 29.3 Å². The van der Waals surface area contributed by atoms with Crippen LogP contribution in [0.25, 0.3) is 5.57 Å². The van der Waals surface area contributed by atoms with Gasteiger partial charge in [0.1, 0.15) is 0 Å². The van der Waals surface area contributed by atoms with Gasteiger partial charge in [0, 0.05) is 5.56 Å². The molecule has 0 aliphatic heterocycles. The highest BCUT2D eigenvalue weighted by molar-refractivity contribution is 8.17. The molecule has 33 heavy (non-hydrogen) atoms. The van der Waals surface area contributed by atoms with Crippen molar-refractivity contribution >= 4 is 28.1 Å². The van der Waals surface area contributed by atoms with Crippen molar-refractivity contribution in [3.05, 3.63) is 88.9 Å². The molecule has 0 aromatic heterocycles. The van der Waals surface area contributed by atoms with Crippen molar-refractivity contribution in [2.24, 2.45) is 10.4 Å². The van der Waals surface area contributed by atoms with Crippen LogP contribution in [0, 0.1) is 10.8 Å². The lowest BCUT2D eigenvalue weighted by atomic mass is 9.87. The number of nitrogens with one attached hydrogen (secondary N) is 1. The molecule has 0 aliphatic rings. The van der Waals surface area contributed by atoms with Gasteiger partial charge in [0.05, 0.1) is 17.3 Å². The first-order valence-corrected chi connectivity index (χ1v) is 12.5. The van der Waals surface area contributed by atoms with E-state index in [2.05, 4.69) is 84.2 Å². The molecule has 1 N–H and O–H groups in total. The molecule has 178 valence electrons.